The Labute approximate surface area is 192 Å². The summed E-state index contributed by atoms with van der Waals surface area (Å²) in [6.45, 7) is 1.33. The van der Waals surface area contributed by atoms with Crippen molar-refractivity contribution in [3.8, 4) is 34.0 Å². The van der Waals surface area contributed by atoms with Gasteiger partial charge >= 0.3 is 0 Å². The lowest BCUT2D eigenvalue weighted by Crippen LogP contribution is -2.14. The minimum atomic E-state index is 0.649. The number of hydrogen-bond donors (Lipinski definition) is 1. The van der Waals surface area contributed by atoms with Crippen LogP contribution in [-0.2, 0) is 13.1 Å². The quantitative estimate of drug-likeness (QED) is 0.348. The molecule has 1 N–H and O–H groups in total. The number of nitrogens with zero attached hydrogens (tertiary/aromatic N) is 3. The van der Waals surface area contributed by atoms with Gasteiger partial charge in [0.25, 0.3) is 0 Å². The lowest BCUT2D eigenvalue weighted by Gasteiger charge is -2.10. The molecule has 0 radical (unpaired) electrons. The maximum Gasteiger partial charge on any atom is 0.152 e. The van der Waals surface area contributed by atoms with Crippen molar-refractivity contribution in [1.29, 1.82) is 0 Å². The molecule has 0 atom stereocenters. The first kappa shape index (κ1) is 20.7. The van der Waals surface area contributed by atoms with Crippen LogP contribution in [0.3, 0.4) is 0 Å². The highest BCUT2D eigenvalue weighted by molar-refractivity contribution is 5.67. The van der Waals surface area contributed by atoms with Gasteiger partial charge in [0, 0.05) is 24.8 Å². The van der Waals surface area contributed by atoms with E-state index >= 15 is 0 Å². The second-order valence-corrected chi connectivity index (χ2v) is 7.61. The summed E-state index contributed by atoms with van der Waals surface area (Å²) in [4.78, 5) is 4.37. The van der Waals surface area contributed by atoms with Crippen LogP contribution in [0.2, 0.25) is 0 Å². The number of ether oxygens (including phenoxy) is 1. The maximum atomic E-state index is 5.75. The summed E-state index contributed by atoms with van der Waals surface area (Å²) in [5.74, 6) is 1.63. The molecule has 164 valence electrons. The highest BCUT2D eigenvalue weighted by Crippen LogP contribution is 2.29. The third kappa shape index (κ3) is 4.56. The van der Waals surface area contributed by atoms with Gasteiger partial charge < -0.3 is 14.5 Å². The van der Waals surface area contributed by atoms with E-state index in [0.717, 1.165) is 45.3 Å². The Morgan fingerprint density at radius 2 is 1.67 bits per heavy atom. The SMILES string of the molecule is COc1ccc(-c2ccc(-n3ncc(CNCc4ccccn4)c3-c3ccco3)cc2)cc1. The van der Waals surface area contributed by atoms with Gasteiger partial charge in [0.05, 0.1) is 31.0 Å². The average molecular weight is 437 g/mol. The highest BCUT2D eigenvalue weighted by atomic mass is 16.5. The first-order valence-electron chi connectivity index (χ1n) is 10.8. The van der Waals surface area contributed by atoms with Crippen LogP contribution >= 0.6 is 0 Å². The topological polar surface area (TPSA) is 65.1 Å². The van der Waals surface area contributed by atoms with Crippen molar-refractivity contribution in [3.05, 3.63) is 109 Å². The minimum absolute atomic E-state index is 0.649. The van der Waals surface area contributed by atoms with Crippen LogP contribution in [0, 0.1) is 0 Å². The molecule has 0 fully saturated rings. The van der Waals surface area contributed by atoms with Crippen LogP contribution in [0.1, 0.15) is 11.3 Å². The van der Waals surface area contributed by atoms with Gasteiger partial charge in [-0.05, 0) is 59.7 Å². The third-order valence-corrected chi connectivity index (χ3v) is 5.48. The first-order chi connectivity index (χ1) is 16.3. The molecule has 3 heterocycles. The van der Waals surface area contributed by atoms with Crippen molar-refractivity contribution in [1.82, 2.24) is 20.1 Å². The highest BCUT2D eigenvalue weighted by Gasteiger charge is 2.17. The lowest BCUT2D eigenvalue weighted by atomic mass is 10.1. The van der Waals surface area contributed by atoms with E-state index in [1.165, 1.54) is 0 Å². The van der Waals surface area contributed by atoms with E-state index in [1.807, 2.05) is 53.3 Å². The van der Waals surface area contributed by atoms with E-state index in [9.17, 15) is 0 Å². The zero-order valence-electron chi connectivity index (χ0n) is 18.3. The molecule has 33 heavy (non-hydrogen) atoms. The van der Waals surface area contributed by atoms with Crippen molar-refractivity contribution >= 4 is 0 Å². The van der Waals surface area contributed by atoms with Gasteiger partial charge in [-0.3, -0.25) is 4.98 Å². The second-order valence-electron chi connectivity index (χ2n) is 7.61. The number of hydrogen-bond acceptors (Lipinski definition) is 5. The Balaban J connectivity index is 1.40. The standard InChI is InChI=1S/C27H24N4O2/c1-32-25-13-9-21(10-14-25)20-7-11-24(12-8-20)31-27(26-6-4-16-33-26)22(18-30-31)17-28-19-23-5-2-3-15-29-23/h2-16,18,28H,17,19H2,1H3. The normalized spacial score (nSPS) is 10.9. The average Bonchev–Trinajstić information content (AvgIpc) is 3.55. The molecule has 6 nitrogen and oxygen atoms in total. The summed E-state index contributed by atoms with van der Waals surface area (Å²) in [5.41, 5.74) is 6.22. The summed E-state index contributed by atoms with van der Waals surface area (Å²) in [7, 11) is 1.67. The summed E-state index contributed by atoms with van der Waals surface area (Å²) >= 11 is 0. The molecule has 0 aliphatic rings. The van der Waals surface area contributed by atoms with Gasteiger partial charge in [-0.1, -0.05) is 30.3 Å². The van der Waals surface area contributed by atoms with Crippen LogP contribution < -0.4 is 10.1 Å². The summed E-state index contributed by atoms with van der Waals surface area (Å²) in [6, 6.07) is 26.2. The monoisotopic (exact) mass is 436 g/mol. The molecule has 2 aromatic carbocycles. The molecule has 0 unspecified atom stereocenters. The molecule has 0 aliphatic heterocycles. The molecule has 0 bridgehead atoms. The molecule has 0 saturated heterocycles. The van der Waals surface area contributed by atoms with E-state index in [-0.39, 0.29) is 0 Å². The van der Waals surface area contributed by atoms with E-state index in [1.54, 1.807) is 19.6 Å². The van der Waals surface area contributed by atoms with Gasteiger partial charge in [-0.15, -0.1) is 0 Å². The predicted octanol–water partition coefficient (Wildman–Crippen LogP) is 5.49. The molecular formula is C27H24N4O2. The Morgan fingerprint density at radius 3 is 2.33 bits per heavy atom. The number of rotatable bonds is 8. The van der Waals surface area contributed by atoms with E-state index < -0.39 is 0 Å². The van der Waals surface area contributed by atoms with Crippen LogP contribution in [-0.4, -0.2) is 21.9 Å². The number of aromatic nitrogens is 3. The molecule has 5 rings (SSSR count). The second kappa shape index (κ2) is 9.54. The van der Waals surface area contributed by atoms with Crippen LogP contribution in [0.25, 0.3) is 28.3 Å². The smallest absolute Gasteiger partial charge is 0.152 e. The molecule has 3 aromatic heterocycles. The van der Waals surface area contributed by atoms with Crippen LogP contribution in [0.4, 0.5) is 0 Å². The van der Waals surface area contributed by atoms with E-state index in [2.05, 4.69) is 51.8 Å². The van der Waals surface area contributed by atoms with Gasteiger partial charge in [0.1, 0.15) is 11.4 Å². The van der Waals surface area contributed by atoms with Crippen molar-refractivity contribution in [3.63, 3.8) is 0 Å². The summed E-state index contributed by atoms with van der Waals surface area (Å²) < 4.78 is 12.9. The largest absolute Gasteiger partial charge is 0.497 e. The van der Waals surface area contributed by atoms with Gasteiger partial charge in [0.2, 0.25) is 0 Å². The Kier molecular flexibility index (Phi) is 5.99. The summed E-state index contributed by atoms with van der Waals surface area (Å²) in [6.07, 6.45) is 5.38. The number of pyridine rings is 1. The lowest BCUT2D eigenvalue weighted by molar-refractivity contribution is 0.415. The zero-order chi connectivity index (χ0) is 22.5. The number of nitrogens with one attached hydrogen (secondary N) is 1. The molecule has 0 aliphatic carbocycles. The van der Waals surface area contributed by atoms with Gasteiger partial charge in [0.15, 0.2) is 5.76 Å². The number of furan rings is 1. The molecule has 0 amide bonds. The fraction of sp³-hybridized carbons (Fsp3) is 0.111. The number of benzene rings is 2. The van der Waals surface area contributed by atoms with Gasteiger partial charge in [-0.25, -0.2) is 4.68 Å². The van der Waals surface area contributed by atoms with Crippen LogP contribution in [0.15, 0.2) is 102 Å². The first-order valence-corrected chi connectivity index (χ1v) is 10.8. The van der Waals surface area contributed by atoms with E-state index in [0.29, 0.717) is 13.1 Å². The van der Waals surface area contributed by atoms with Gasteiger partial charge in [-0.2, -0.15) is 5.10 Å². The third-order valence-electron chi connectivity index (χ3n) is 5.48. The zero-order valence-corrected chi connectivity index (χ0v) is 18.3. The molecule has 0 spiro atoms. The van der Waals surface area contributed by atoms with Crippen molar-refractivity contribution in [2.45, 2.75) is 13.1 Å². The number of methoxy groups -OCH3 is 1. The fourth-order valence-corrected chi connectivity index (χ4v) is 3.79. The Hall–Kier alpha value is -4.16. The Morgan fingerprint density at radius 1 is 0.879 bits per heavy atom. The predicted molar refractivity (Wildman–Crippen MR) is 128 cm³/mol. The van der Waals surface area contributed by atoms with Crippen LogP contribution in [0.5, 0.6) is 5.75 Å². The molecule has 0 saturated carbocycles. The van der Waals surface area contributed by atoms with E-state index in [4.69, 9.17) is 9.15 Å². The molecule has 5 aromatic rings. The van der Waals surface area contributed by atoms with Crippen molar-refractivity contribution in [2.75, 3.05) is 7.11 Å². The Bertz CT molecular complexity index is 1290. The van der Waals surface area contributed by atoms with Crippen molar-refractivity contribution in [2.24, 2.45) is 0 Å². The summed E-state index contributed by atoms with van der Waals surface area (Å²) in [5, 5.41) is 8.13. The fourth-order valence-electron chi connectivity index (χ4n) is 3.79. The van der Waals surface area contributed by atoms with Crippen molar-refractivity contribution < 1.29 is 9.15 Å². The minimum Gasteiger partial charge on any atom is -0.497 e. The molecular weight excluding hydrogens is 412 g/mol. The molecule has 6 heteroatoms. The maximum absolute atomic E-state index is 5.75.